The van der Waals surface area contributed by atoms with Gasteiger partial charge in [0.15, 0.2) is 0 Å². The molecule has 0 bridgehead atoms. The summed E-state index contributed by atoms with van der Waals surface area (Å²) in [6.07, 6.45) is 0. The highest BCUT2D eigenvalue weighted by molar-refractivity contribution is 5.85. The fourth-order valence-electron chi connectivity index (χ4n) is 0.496. The van der Waals surface area contributed by atoms with Gasteiger partial charge < -0.3 is 11.5 Å². The van der Waals surface area contributed by atoms with Crippen molar-refractivity contribution >= 4 is 23.8 Å². The molecule has 0 spiro atoms. The molecule has 9 heavy (non-hydrogen) atoms. The predicted molar refractivity (Wildman–Crippen MR) is 42.5 cm³/mol. The number of nitrogen functional groups attached to an aromatic ring is 2. The minimum atomic E-state index is 0. The van der Waals surface area contributed by atoms with E-state index in [0.29, 0.717) is 0 Å². The lowest BCUT2D eigenvalue weighted by Crippen LogP contribution is -1.86. The average Bonchev–Trinajstić information content (AvgIpc) is 1.77. The fourth-order valence-corrected chi connectivity index (χ4v) is 0.496. The van der Waals surface area contributed by atoms with Crippen LogP contribution in [0.15, 0.2) is 24.3 Å². The first kappa shape index (κ1) is 8.11. The highest BCUT2D eigenvalue weighted by Crippen LogP contribution is 2.04. The van der Waals surface area contributed by atoms with Crippen molar-refractivity contribution in [2.24, 2.45) is 0 Å². The summed E-state index contributed by atoms with van der Waals surface area (Å²) >= 11 is 0. The van der Waals surface area contributed by atoms with E-state index in [-0.39, 0.29) is 12.4 Å². The molecule has 0 saturated carbocycles. The van der Waals surface area contributed by atoms with E-state index in [2.05, 4.69) is 0 Å². The molecule has 0 atom stereocenters. The standard InChI is InChI=1S/C6H8N2.ClH/c7-5-1-2-6(8)4-3-5;/h1-4H,7-8H2;1H. The molecule has 1 rings (SSSR count). The SMILES string of the molecule is Cl.Nc1ccc(N)cc1. The van der Waals surface area contributed by atoms with Crippen LogP contribution in [0.1, 0.15) is 0 Å². The first-order chi connectivity index (χ1) is 3.79. The molecule has 0 radical (unpaired) electrons. The summed E-state index contributed by atoms with van der Waals surface area (Å²) in [7, 11) is 0. The van der Waals surface area contributed by atoms with Gasteiger partial charge in [-0.05, 0) is 24.3 Å². The second-order valence-electron chi connectivity index (χ2n) is 1.67. The Labute approximate surface area is 60.3 Å². The topological polar surface area (TPSA) is 52.0 Å². The number of hydrogen-bond acceptors (Lipinski definition) is 2. The lowest BCUT2D eigenvalue weighted by Gasteiger charge is -1.90. The molecule has 1 aromatic rings. The van der Waals surface area contributed by atoms with Crippen molar-refractivity contribution in [3.63, 3.8) is 0 Å². The van der Waals surface area contributed by atoms with E-state index in [9.17, 15) is 0 Å². The second-order valence-corrected chi connectivity index (χ2v) is 1.67. The van der Waals surface area contributed by atoms with Crippen LogP contribution in [-0.4, -0.2) is 0 Å². The highest BCUT2D eigenvalue weighted by atomic mass is 35.5. The van der Waals surface area contributed by atoms with Gasteiger partial charge in [-0.15, -0.1) is 12.4 Å². The van der Waals surface area contributed by atoms with E-state index in [1.165, 1.54) is 0 Å². The van der Waals surface area contributed by atoms with Crippen LogP contribution in [0.4, 0.5) is 11.4 Å². The first-order valence-electron chi connectivity index (χ1n) is 2.40. The lowest BCUT2D eigenvalue weighted by atomic mass is 10.3. The van der Waals surface area contributed by atoms with Crippen LogP contribution in [0.25, 0.3) is 0 Å². The Bertz CT molecular complexity index is 150. The largest absolute Gasteiger partial charge is 0.399 e. The Balaban J connectivity index is 0.000000640. The van der Waals surface area contributed by atoms with E-state index in [0.717, 1.165) is 11.4 Å². The number of halogens is 1. The minimum Gasteiger partial charge on any atom is -0.399 e. The molecule has 50 valence electrons. The third kappa shape index (κ3) is 2.24. The van der Waals surface area contributed by atoms with Crippen LogP contribution in [0.3, 0.4) is 0 Å². The molecule has 1 aromatic carbocycles. The molecule has 0 aliphatic heterocycles. The van der Waals surface area contributed by atoms with Crippen molar-refractivity contribution in [1.29, 1.82) is 0 Å². The van der Waals surface area contributed by atoms with Gasteiger partial charge in [-0.25, -0.2) is 0 Å². The number of anilines is 2. The van der Waals surface area contributed by atoms with Gasteiger partial charge in [0.2, 0.25) is 0 Å². The van der Waals surface area contributed by atoms with Crippen LogP contribution in [-0.2, 0) is 0 Å². The summed E-state index contributed by atoms with van der Waals surface area (Å²) in [5, 5.41) is 0. The van der Waals surface area contributed by atoms with Gasteiger partial charge in [-0.3, -0.25) is 0 Å². The summed E-state index contributed by atoms with van der Waals surface area (Å²) in [6, 6.07) is 7.09. The molecule has 0 amide bonds. The molecular weight excluding hydrogens is 136 g/mol. The monoisotopic (exact) mass is 144 g/mol. The zero-order valence-electron chi connectivity index (χ0n) is 4.87. The molecule has 0 heterocycles. The van der Waals surface area contributed by atoms with Crippen LogP contribution < -0.4 is 11.5 Å². The van der Waals surface area contributed by atoms with Crippen LogP contribution in [0.2, 0.25) is 0 Å². The van der Waals surface area contributed by atoms with Crippen molar-refractivity contribution in [3.8, 4) is 0 Å². The maximum Gasteiger partial charge on any atom is 0.0315 e. The third-order valence-corrected chi connectivity index (χ3v) is 0.936. The van der Waals surface area contributed by atoms with E-state index in [1.54, 1.807) is 24.3 Å². The van der Waals surface area contributed by atoms with E-state index in [4.69, 9.17) is 11.5 Å². The Morgan fingerprint density at radius 3 is 1.22 bits per heavy atom. The zero-order valence-corrected chi connectivity index (χ0v) is 5.69. The molecule has 3 heteroatoms. The van der Waals surface area contributed by atoms with E-state index >= 15 is 0 Å². The first-order valence-corrected chi connectivity index (χ1v) is 2.40. The molecule has 0 aliphatic carbocycles. The lowest BCUT2D eigenvalue weighted by molar-refractivity contribution is 1.67. The number of hydrogen-bond donors (Lipinski definition) is 2. The van der Waals surface area contributed by atoms with Gasteiger partial charge in [-0.1, -0.05) is 0 Å². The zero-order chi connectivity index (χ0) is 5.98. The molecule has 0 fully saturated rings. The minimum absolute atomic E-state index is 0. The summed E-state index contributed by atoms with van der Waals surface area (Å²) in [6.45, 7) is 0. The molecule has 0 saturated heterocycles. The summed E-state index contributed by atoms with van der Waals surface area (Å²) < 4.78 is 0. The Morgan fingerprint density at radius 1 is 0.778 bits per heavy atom. The van der Waals surface area contributed by atoms with Crippen molar-refractivity contribution in [2.45, 2.75) is 0 Å². The molecule has 0 aromatic heterocycles. The van der Waals surface area contributed by atoms with Crippen LogP contribution >= 0.6 is 12.4 Å². The predicted octanol–water partition coefficient (Wildman–Crippen LogP) is 1.27. The molecular formula is C6H9ClN2. The van der Waals surface area contributed by atoms with Crippen molar-refractivity contribution in [3.05, 3.63) is 24.3 Å². The van der Waals surface area contributed by atoms with Gasteiger partial charge in [0.25, 0.3) is 0 Å². The number of rotatable bonds is 0. The van der Waals surface area contributed by atoms with Crippen LogP contribution in [0.5, 0.6) is 0 Å². The van der Waals surface area contributed by atoms with Crippen LogP contribution in [0, 0.1) is 0 Å². The van der Waals surface area contributed by atoms with E-state index in [1.807, 2.05) is 0 Å². The molecule has 0 unspecified atom stereocenters. The maximum absolute atomic E-state index is 5.37. The maximum atomic E-state index is 5.37. The average molecular weight is 145 g/mol. The van der Waals surface area contributed by atoms with E-state index < -0.39 is 0 Å². The fraction of sp³-hybridized carbons (Fsp3) is 0. The van der Waals surface area contributed by atoms with Gasteiger partial charge in [0.05, 0.1) is 0 Å². The summed E-state index contributed by atoms with van der Waals surface area (Å²) in [5.41, 5.74) is 12.2. The van der Waals surface area contributed by atoms with Gasteiger partial charge in [0.1, 0.15) is 0 Å². The smallest absolute Gasteiger partial charge is 0.0315 e. The summed E-state index contributed by atoms with van der Waals surface area (Å²) in [4.78, 5) is 0. The van der Waals surface area contributed by atoms with Gasteiger partial charge in [0, 0.05) is 11.4 Å². The molecule has 2 nitrogen and oxygen atoms in total. The highest BCUT2D eigenvalue weighted by Gasteiger charge is 1.80. The summed E-state index contributed by atoms with van der Waals surface area (Å²) in [5.74, 6) is 0. The Hall–Kier alpha value is -0.890. The Kier molecular flexibility index (Phi) is 2.88. The number of nitrogens with two attached hydrogens (primary N) is 2. The number of benzene rings is 1. The second kappa shape index (κ2) is 3.20. The van der Waals surface area contributed by atoms with Gasteiger partial charge >= 0.3 is 0 Å². The molecule has 0 aliphatic rings. The van der Waals surface area contributed by atoms with Crippen molar-refractivity contribution in [2.75, 3.05) is 11.5 Å². The Morgan fingerprint density at radius 2 is 1.00 bits per heavy atom. The molecule has 4 N–H and O–H groups in total. The van der Waals surface area contributed by atoms with Gasteiger partial charge in [-0.2, -0.15) is 0 Å². The van der Waals surface area contributed by atoms with Crippen molar-refractivity contribution in [1.82, 2.24) is 0 Å². The quantitative estimate of drug-likeness (QED) is 0.539. The van der Waals surface area contributed by atoms with Crippen molar-refractivity contribution < 1.29 is 0 Å². The normalized spacial score (nSPS) is 8.00. The third-order valence-electron chi connectivity index (χ3n) is 0.936.